The summed E-state index contributed by atoms with van der Waals surface area (Å²) in [6, 6.07) is 13.8. The van der Waals surface area contributed by atoms with E-state index in [0.717, 1.165) is 49.9 Å². The highest BCUT2D eigenvalue weighted by Crippen LogP contribution is 2.28. The molecule has 4 rings (SSSR count). The van der Waals surface area contributed by atoms with Gasteiger partial charge in [-0.05, 0) is 44.0 Å². The zero-order chi connectivity index (χ0) is 19.3. The van der Waals surface area contributed by atoms with E-state index in [4.69, 9.17) is 13.9 Å². The second-order valence-corrected chi connectivity index (χ2v) is 7.57. The van der Waals surface area contributed by atoms with Crippen LogP contribution in [0, 0.1) is 6.92 Å². The molecule has 6 nitrogen and oxygen atoms in total. The lowest BCUT2D eigenvalue weighted by atomic mass is 10.1. The predicted molar refractivity (Wildman–Crippen MR) is 105 cm³/mol. The van der Waals surface area contributed by atoms with E-state index in [2.05, 4.69) is 10.2 Å². The maximum atomic E-state index is 13.0. The number of amides is 1. The molecule has 1 aromatic heterocycles. The average molecular weight is 384 g/mol. The topological polar surface area (TPSA) is 63.9 Å². The number of para-hydroxylation sites is 1. The minimum absolute atomic E-state index is 0.00634. The third-order valence-corrected chi connectivity index (χ3v) is 5.54. The third kappa shape index (κ3) is 4.56. The van der Waals surface area contributed by atoms with E-state index >= 15 is 0 Å². The van der Waals surface area contributed by atoms with Crippen LogP contribution in [0.4, 0.5) is 0 Å². The van der Waals surface area contributed by atoms with Crippen LogP contribution in [0.3, 0.4) is 0 Å². The molecular formula is C22H28N2O4. The maximum absolute atomic E-state index is 13.0. The first-order valence-electron chi connectivity index (χ1n) is 10.1. The summed E-state index contributed by atoms with van der Waals surface area (Å²) >= 11 is 0. The Bertz CT molecular complexity index is 770. The number of benzene rings is 1. The number of rotatable bonds is 6. The summed E-state index contributed by atoms with van der Waals surface area (Å²) < 4.78 is 17.3. The molecule has 0 bridgehead atoms. The molecule has 0 unspecified atom stereocenters. The van der Waals surface area contributed by atoms with Gasteiger partial charge < -0.3 is 19.2 Å². The van der Waals surface area contributed by atoms with Gasteiger partial charge in [-0.2, -0.15) is 0 Å². The van der Waals surface area contributed by atoms with Crippen LogP contribution < -0.4 is 10.1 Å². The van der Waals surface area contributed by atoms with Gasteiger partial charge in [0.05, 0.1) is 12.6 Å². The van der Waals surface area contributed by atoms with Crippen LogP contribution in [-0.2, 0) is 16.1 Å². The fraction of sp³-hybridized carbons (Fsp3) is 0.500. The summed E-state index contributed by atoms with van der Waals surface area (Å²) in [4.78, 5) is 15.3. The van der Waals surface area contributed by atoms with Crippen LogP contribution in [0.1, 0.15) is 30.8 Å². The Kier molecular flexibility index (Phi) is 5.98. The highest BCUT2D eigenvalue weighted by atomic mass is 16.5. The fourth-order valence-electron chi connectivity index (χ4n) is 4.15. The number of hydrogen-bond acceptors (Lipinski definition) is 5. The standard InChI is InChI=1S/C22H28N2O4/c1-16-7-8-19(27-16)14-23-22(25)21-13-20(28-18-5-3-2-4-6-18)15-24(21)17-9-11-26-12-10-17/h2-8,17,20-21H,9-15H2,1H3,(H,23,25)/t20-,21-/m0/s1. The Hall–Kier alpha value is -2.31. The van der Waals surface area contributed by atoms with Gasteiger partial charge in [0.25, 0.3) is 0 Å². The zero-order valence-corrected chi connectivity index (χ0v) is 16.3. The van der Waals surface area contributed by atoms with E-state index < -0.39 is 0 Å². The van der Waals surface area contributed by atoms with Gasteiger partial charge in [0, 0.05) is 32.2 Å². The van der Waals surface area contributed by atoms with Crippen LogP contribution in [0.2, 0.25) is 0 Å². The molecule has 0 spiro atoms. The van der Waals surface area contributed by atoms with Gasteiger partial charge in [0.2, 0.25) is 5.91 Å². The van der Waals surface area contributed by atoms with E-state index in [0.29, 0.717) is 19.0 Å². The van der Waals surface area contributed by atoms with Crippen molar-refractivity contribution in [3.05, 3.63) is 54.0 Å². The Balaban J connectivity index is 1.42. The van der Waals surface area contributed by atoms with Crippen molar-refractivity contribution in [2.75, 3.05) is 19.8 Å². The molecule has 1 amide bonds. The van der Waals surface area contributed by atoms with Crippen molar-refractivity contribution in [3.63, 3.8) is 0 Å². The van der Waals surface area contributed by atoms with Crippen molar-refractivity contribution >= 4 is 5.91 Å². The largest absolute Gasteiger partial charge is 0.489 e. The van der Waals surface area contributed by atoms with Gasteiger partial charge >= 0.3 is 0 Å². The third-order valence-electron chi connectivity index (χ3n) is 5.54. The van der Waals surface area contributed by atoms with E-state index in [9.17, 15) is 4.79 Å². The van der Waals surface area contributed by atoms with Crippen LogP contribution >= 0.6 is 0 Å². The number of nitrogens with one attached hydrogen (secondary N) is 1. The molecule has 150 valence electrons. The van der Waals surface area contributed by atoms with Gasteiger partial charge in [-0.25, -0.2) is 0 Å². The first-order valence-corrected chi connectivity index (χ1v) is 10.1. The van der Waals surface area contributed by atoms with Crippen LogP contribution in [-0.4, -0.2) is 48.8 Å². The lowest BCUT2D eigenvalue weighted by Gasteiger charge is -2.34. The SMILES string of the molecule is Cc1ccc(CNC(=O)[C@@H]2C[C@H](Oc3ccccc3)CN2C2CCOCC2)o1. The quantitative estimate of drug-likeness (QED) is 0.830. The number of ether oxygens (including phenoxy) is 2. The minimum atomic E-state index is -0.187. The number of nitrogens with zero attached hydrogens (tertiary/aromatic N) is 1. The van der Waals surface area contributed by atoms with Gasteiger partial charge in [-0.15, -0.1) is 0 Å². The summed E-state index contributed by atoms with van der Waals surface area (Å²) in [6.45, 7) is 4.59. The average Bonchev–Trinajstić information content (AvgIpc) is 3.34. The van der Waals surface area contributed by atoms with E-state index in [1.165, 1.54) is 0 Å². The van der Waals surface area contributed by atoms with Crippen molar-refractivity contribution < 1.29 is 18.7 Å². The Morgan fingerprint density at radius 3 is 2.68 bits per heavy atom. The first-order chi connectivity index (χ1) is 13.7. The number of likely N-dealkylation sites (tertiary alicyclic amines) is 1. The highest BCUT2D eigenvalue weighted by Gasteiger charge is 2.41. The van der Waals surface area contributed by atoms with Gasteiger partial charge in [-0.1, -0.05) is 18.2 Å². The molecule has 2 atom stereocenters. The first kappa shape index (κ1) is 19.0. The molecule has 1 aromatic carbocycles. The van der Waals surface area contributed by atoms with Crippen molar-refractivity contribution in [1.82, 2.24) is 10.2 Å². The van der Waals surface area contributed by atoms with E-state index in [1.807, 2.05) is 49.4 Å². The summed E-state index contributed by atoms with van der Waals surface area (Å²) in [5.74, 6) is 2.52. The molecule has 1 N–H and O–H groups in total. The second kappa shape index (κ2) is 8.80. The maximum Gasteiger partial charge on any atom is 0.237 e. The lowest BCUT2D eigenvalue weighted by molar-refractivity contribution is -0.127. The number of carbonyl (C=O) groups excluding carboxylic acids is 1. The fourth-order valence-corrected chi connectivity index (χ4v) is 4.15. The molecule has 0 saturated carbocycles. The van der Waals surface area contributed by atoms with Crippen molar-refractivity contribution in [2.24, 2.45) is 0 Å². The highest BCUT2D eigenvalue weighted by molar-refractivity contribution is 5.82. The molecule has 28 heavy (non-hydrogen) atoms. The molecule has 2 fully saturated rings. The molecule has 2 saturated heterocycles. The van der Waals surface area contributed by atoms with Crippen LogP contribution in [0.5, 0.6) is 5.75 Å². The van der Waals surface area contributed by atoms with E-state index in [1.54, 1.807) is 0 Å². The monoisotopic (exact) mass is 384 g/mol. The number of aryl methyl sites for hydroxylation is 1. The Morgan fingerprint density at radius 1 is 1.18 bits per heavy atom. The van der Waals surface area contributed by atoms with Crippen LogP contribution in [0.25, 0.3) is 0 Å². The van der Waals surface area contributed by atoms with Crippen molar-refractivity contribution in [1.29, 1.82) is 0 Å². The molecule has 6 heteroatoms. The Morgan fingerprint density at radius 2 is 1.96 bits per heavy atom. The van der Waals surface area contributed by atoms with Crippen LogP contribution in [0.15, 0.2) is 46.9 Å². The Labute approximate surface area is 165 Å². The number of hydrogen-bond donors (Lipinski definition) is 1. The molecular weight excluding hydrogens is 356 g/mol. The summed E-state index contributed by atoms with van der Waals surface area (Å²) in [5.41, 5.74) is 0. The second-order valence-electron chi connectivity index (χ2n) is 7.57. The van der Waals surface area contributed by atoms with Crippen molar-refractivity contribution in [2.45, 2.75) is 50.9 Å². The smallest absolute Gasteiger partial charge is 0.237 e. The minimum Gasteiger partial charge on any atom is -0.489 e. The van der Waals surface area contributed by atoms with Gasteiger partial charge in [0.15, 0.2) is 0 Å². The van der Waals surface area contributed by atoms with Crippen molar-refractivity contribution in [3.8, 4) is 5.75 Å². The molecule has 3 heterocycles. The number of carbonyl (C=O) groups is 1. The van der Waals surface area contributed by atoms with Gasteiger partial charge in [0.1, 0.15) is 23.4 Å². The molecule has 2 aliphatic rings. The normalized spacial score (nSPS) is 23.6. The molecule has 0 aliphatic carbocycles. The number of furan rings is 1. The summed E-state index contributed by atoms with van der Waals surface area (Å²) in [6.07, 6.45) is 2.61. The lowest BCUT2D eigenvalue weighted by Crippen LogP contribution is -2.49. The molecule has 2 aliphatic heterocycles. The molecule has 2 aromatic rings. The summed E-state index contributed by atoms with van der Waals surface area (Å²) in [7, 11) is 0. The molecule has 0 radical (unpaired) electrons. The van der Waals surface area contributed by atoms with E-state index in [-0.39, 0.29) is 18.1 Å². The van der Waals surface area contributed by atoms with Gasteiger partial charge in [-0.3, -0.25) is 9.69 Å². The zero-order valence-electron chi connectivity index (χ0n) is 16.3. The predicted octanol–water partition coefficient (Wildman–Crippen LogP) is 2.91. The summed E-state index contributed by atoms with van der Waals surface area (Å²) in [5, 5.41) is 3.05.